The zero-order chi connectivity index (χ0) is 15.2. The standard InChI is InChI=1S/C20H13NO/c21-19-9-5-4-8-17(19)11-12-18-14-15-22-20(18)13-10-16-6-2-1-3-7-16/h1-9,14-15H,21H2. The largest absolute Gasteiger partial charge is 0.455 e. The smallest absolute Gasteiger partial charge is 0.192 e. The van der Waals surface area contributed by atoms with Crippen LogP contribution < -0.4 is 5.73 Å². The molecule has 1 aromatic heterocycles. The second-order valence-electron chi connectivity index (χ2n) is 4.62. The molecule has 0 fully saturated rings. The number of benzene rings is 2. The minimum absolute atomic E-state index is 0.561. The number of hydrogen-bond acceptors (Lipinski definition) is 2. The van der Waals surface area contributed by atoms with E-state index in [0.717, 1.165) is 16.7 Å². The number of nitrogen functional groups attached to an aromatic ring is 1. The van der Waals surface area contributed by atoms with Gasteiger partial charge in [0.25, 0.3) is 0 Å². The van der Waals surface area contributed by atoms with Crippen molar-refractivity contribution < 1.29 is 4.42 Å². The molecule has 0 unspecified atom stereocenters. The first-order chi connectivity index (χ1) is 10.8. The van der Waals surface area contributed by atoms with Gasteiger partial charge in [0.05, 0.1) is 11.8 Å². The highest BCUT2D eigenvalue weighted by molar-refractivity contribution is 5.58. The van der Waals surface area contributed by atoms with E-state index in [0.29, 0.717) is 11.4 Å². The highest BCUT2D eigenvalue weighted by Gasteiger charge is 2.00. The molecule has 0 saturated heterocycles. The predicted octanol–water partition coefficient (Wildman–Crippen LogP) is 3.66. The second-order valence-corrected chi connectivity index (χ2v) is 4.62. The summed E-state index contributed by atoms with van der Waals surface area (Å²) in [5, 5.41) is 0. The molecule has 0 spiro atoms. The highest BCUT2D eigenvalue weighted by Crippen LogP contribution is 2.11. The van der Waals surface area contributed by atoms with Gasteiger partial charge in [0.15, 0.2) is 5.76 Å². The van der Waals surface area contributed by atoms with Gasteiger partial charge in [0.2, 0.25) is 0 Å². The quantitative estimate of drug-likeness (QED) is 0.505. The lowest BCUT2D eigenvalue weighted by Crippen LogP contribution is -1.88. The molecule has 0 aliphatic carbocycles. The number of para-hydroxylation sites is 1. The summed E-state index contributed by atoms with van der Waals surface area (Å²) in [5.74, 6) is 12.7. The zero-order valence-electron chi connectivity index (χ0n) is 11.8. The second kappa shape index (κ2) is 6.39. The number of furan rings is 1. The van der Waals surface area contributed by atoms with E-state index in [1.54, 1.807) is 12.3 Å². The first-order valence-corrected chi connectivity index (χ1v) is 6.84. The van der Waals surface area contributed by atoms with Crippen LogP contribution in [0.25, 0.3) is 0 Å². The molecule has 2 heteroatoms. The monoisotopic (exact) mass is 283 g/mol. The van der Waals surface area contributed by atoms with Crippen LogP contribution in [0.4, 0.5) is 5.69 Å². The summed E-state index contributed by atoms with van der Waals surface area (Å²) in [6.45, 7) is 0. The lowest BCUT2D eigenvalue weighted by molar-refractivity contribution is 0.553. The molecule has 3 aromatic rings. The van der Waals surface area contributed by atoms with E-state index in [2.05, 4.69) is 23.7 Å². The van der Waals surface area contributed by atoms with Crippen molar-refractivity contribution in [3.63, 3.8) is 0 Å². The minimum Gasteiger partial charge on any atom is -0.455 e. The van der Waals surface area contributed by atoms with Gasteiger partial charge >= 0.3 is 0 Å². The molecule has 22 heavy (non-hydrogen) atoms. The molecule has 2 nitrogen and oxygen atoms in total. The molecule has 104 valence electrons. The molecule has 0 saturated carbocycles. The van der Waals surface area contributed by atoms with Crippen LogP contribution in [-0.4, -0.2) is 0 Å². The van der Waals surface area contributed by atoms with E-state index in [1.807, 2.05) is 54.6 Å². The Kier molecular flexibility index (Phi) is 3.96. The fourth-order valence-electron chi connectivity index (χ4n) is 1.90. The Labute approximate surface area is 129 Å². The van der Waals surface area contributed by atoms with Gasteiger partial charge in [0.1, 0.15) is 0 Å². The molecule has 0 bridgehead atoms. The maximum Gasteiger partial charge on any atom is 0.192 e. The molecule has 2 aromatic carbocycles. The molecular formula is C20H13NO. The topological polar surface area (TPSA) is 39.2 Å². The molecule has 0 aliphatic rings. The summed E-state index contributed by atoms with van der Waals surface area (Å²) in [6, 6.07) is 19.1. The van der Waals surface area contributed by atoms with Gasteiger partial charge in [-0.2, -0.15) is 0 Å². The lowest BCUT2D eigenvalue weighted by atomic mass is 10.1. The summed E-state index contributed by atoms with van der Waals surface area (Å²) >= 11 is 0. The van der Waals surface area contributed by atoms with Crippen LogP contribution in [0.5, 0.6) is 0 Å². The fourth-order valence-corrected chi connectivity index (χ4v) is 1.90. The Bertz CT molecular complexity index is 899. The predicted molar refractivity (Wildman–Crippen MR) is 88.0 cm³/mol. The van der Waals surface area contributed by atoms with Crippen molar-refractivity contribution in [1.82, 2.24) is 0 Å². The average Bonchev–Trinajstić information content (AvgIpc) is 3.01. The van der Waals surface area contributed by atoms with E-state index in [-0.39, 0.29) is 0 Å². The molecule has 1 heterocycles. The SMILES string of the molecule is Nc1ccccc1C#Cc1ccoc1C#Cc1ccccc1. The van der Waals surface area contributed by atoms with Crippen LogP contribution in [0, 0.1) is 23.7 Å². The van der Waals surface area contributed by atoms with E-state index in [1.165, 1.54) is 0 Å². The van der Waals surface area contributed by atoms with E-state index >= 15 is 0 Å². The van der Waals surface area contributed by atoms with Crippen LogP contribution in [0.15, 0.2) is 71.3 Å². The number of anilines is 1. The van der Waals surface area contributed by atoms with Crippen molar-refractivity contribution in [3.05, 3.63) is 89.4 Å². The third-order valence-corrected chi connectivity index (χ3v) is 3.05. The summed E-state index contributed by atoms with van der Waals surface area (Å²) < 4.78 is 5.40. The molecule has 2 N–H and O–H groups in total. The van der Waals surface area contributed by atoms with Crippen LogP contribution in [0.2, 0.25) is 0 Å². The van der Waals surface area contributed by atoms with Crippen molar-refractivity contribution in [2.24, 2.45) is 0 Å². The Morgan fingerprint density at radius 2 is 1.41 bits per heavy atom. The first-order valence-electron chi connectivity index (χ1n) is 6.84. The third kappa shape index (κ3) is 3.20. The Hall–Kier alpha value is -3.36. The van der Waals surface area contributed by atoms with Gasteiger partial charge in [-0.15, -0.1) is 0 Å². The molecule has 0 atom stereocenters. The fraction of sp³-hybridized carbons (Fsp3) is 0. The molecule has 0 amide bonds. The lowest BCUT2D eigenvalue weighted by Gasteiger charge is -1.94. The van der Waals surface area contributed by atoms with Gasteiger partial charge in [0, 0.05) is 16.8 Å². The molecular weight excluding hydrogens is 270 g/mol. The number of hydrogen-bond donors (Lipinski definition) is 1. The van der Waals surface area contributed by atoms with E-state index < -0.39 is 0 Å². The number of nitrogens with two attached hydrogens (primary N) is 1. The Morgan fingerprint density at radius 3 is 2.23 bits per heavy atom. The normalized spacial score (nSPS) is 9.27. The van der Waals surface area contributed by atoms with Crippen molar-refractivity contribution in [1.29, 1.82) is 0 Å². The van der Waals surface area contributed by atoms with Gasteiger partial charge in [-0.1, -0.05) is 48.1 Å². The minimum atomic E-state index is 0.561. The van der Waals surface area contributed by atoms with Crippen molar-refractivity contribution in [3.8, 4) is 23.7 Å². The summed E-state index contributed by atoms with van der Waals surface area (Å²) in [5.41, 5.74) is 9.03. The van der Waals surface area contributed by atoms with Crippen LogP contribution in [0.1, 0.15) is 22.5 Å². The molecule has 3 rings (SSSR count). The van der Waals surface area contributed by atoms with Crippen molar-refractivity contribution in [2.75, 3.05) is 5.73 Å². The van der Waals surface area contributed by atoms with Gasteiger partial charge in [-0.3, -0.25) is 0 Å². The maximum atomic E-state index is 5.88. The summed E-state index contributed by atoms with van der Waals surface area (Å²) in [7, 11) is 0. The van der Waals surface area contributed by atoms with Crippen molar-refractivity contribution in [2.45, 2.75) is 0 Å². The maximum absolute atomic E-state index is 5.88. The van der Waals surface area contributed by atoms with Crippen LogP contribution in [0.3, 0.4) is 0 Å². The third-order valence-electron chi connectivity index (χ3n) is 3.05. The van der Waals surface area contributed by atoms with E-state index in [4.69, 9.17) is 10.2 Å². The Balaban J connectivity index is 1.88. The van der Waals surface area contributed by atoms with Crippen LogP contribution in [-0.2, 0) is 0 Å². The summed E-state index contributed by atoms with van der Waals surface area (Å²) in [4.78, 5) is 0. The summed E-state index contributed by atoms with van der Waals surface area (Å²) in [6.07, 6.45) is 1.59. The molecule has 0 radical (unpaired) electrons. The Morgan fingerprint density at radius 1 is 0.682 bits per heavy atom. The average molecular weight is 283 g/mol. The van der Waals surface area contributed by atoms with E-state index in [9.17, 15) is 0 Å². The van der Waals surface area contributed by atoms with Gasteiger partial charge in [-0.25, -0.2) is 0 Å². The zero-order valence-corrected chi connectivity index (χ0v) is 11.8. The number of rotatable bonds is 0. The van der Waals surface area contributed by atoms with Crippen LogP contribution >= 0.6 is 0 Å². The van der Waals surface area contributed by atoms with Gasteiger partial charge in [-0.05, 0) is 36.3 Å². The van der Waals surface area contributed by atoms with Crippen molar-refractivity contribution >= 4 is 5.69 Å². The highest BCUT2D eigenvalue weighted by atomic mass is 16.3. The first kappa shape index (κ1) is 13.6. The molecule has 0 aliphatic heterocycles. The van der Waals surface area contributed by atoms with Gasteiger partial charge < -0.3 is 10.2 Å².